The molecule has 1 aliphatic rings. The molecule has 1 atom stereocenters. The molecule has 1 fully saturated rings. The number of hydrogen-bond acceptors (Lipinski definition) is 4. The maximum Gasteiger partial charge on any atom is 0.394 e. The third-order valence-electron chi connectivity index (χ3n) is 3.84. The third-order valence-corrected chi connectivity index (χ3v) is 3.84. The molecule has 1 aliphatic heterocycles. The number of aryl methyl sites for hydroxylation is 1. The first-order valence-corrected chi connectivity index (χ1v) is 8.81. The number of carbonyl (C=O) groups is 1. The van der Waals surface area contributed by atoms with Gasteiger partial charge in [0.2, 0.25) is 5.91 Å². The fraction of sp³-hybridized carbons (Fsp3) is 0.533. The molecule has 1 amide bonds. The number of piperidine rings is 1. The van der Waals surface area contributed by atoms with Crippen LogP contribution in [-0.4, -0.2) is 36.5 Å². The van der Waals surface area contributed by atoms with Crippen molar-refractivity contribution in [1.29, 1.82) is 0 Å². The highest BCUT2D eigenvalue weighted by atomic mass is 32.3. The summed E-state index contributed by atoms with van der Waals surface area (Å²) in [6, 6.07) is 6.24. The monoisotopic (exact) mass is 344 g/mol. The lowest BCUT2D eigenvalue weighted by Crippen LogP contribution is -2.40. The van der Waals surface area contributed by atoms with Crippen LogP contribution in [0.5, 0.6) is 0 Å². The second-order valence-electron chi connectivity index (χ2n) is 5.57. The van der Waals surface area contributed by atoms with Crippen molar-refractivity contribution in [3.05, 3.63) is 34.9 Å². The van der Waals surface area contributed by atoms with Crippen LogP contribution in [0.25, 0.3) is 0 Å². The van der Waals surface area contributed by atoms with Crippen molar-refractivity contribution < 1.29 is 22.3 Å². The van der Waals surface area contributed by atoms with Crippen LogP contribution < -0.4 is 10.6 Å². The average Bonchev–Trinajstić information content (AvgIpc) is 2.48. The van der Waals surface area contributed by atoms with Crippen LogP contribution in [0.2, 0.25) is 0 Å². The Morgan fingerprint density at radius 2 is 2.00 bits per heavy atom. The number of rotatable bonds is 3. The minimum atomic E-state index is -4.67. The topological polar surface area (TPSA) is 116 Å². The lowest BCUT2D eigenvalue weighted by molar-refractivity contribution is -0.125. The van der Waals surface area contributed by atoms with E-state index >= 15 is 0 Å². The zero-order valence-corrected chi connectivity index (χ0v) is 14.2. The van der Waals surface area contributed by atoms with E-state index in [0.29, 0.717) is 6.54 Å². The third kappa shape index (κ3) is 8.08. The van der Waals surface area contributed by atoms with Crippen LogP contribution in [0, 0.1) is 19.8 Å². The van der Waals surface area contributed by atoms with Crippen molar-refractivity contribution in [3.8, 4) is 0 Å². The van der Waals surface area contributed by atoms with E-state index in [1.165, 1.54) is 16.7 Å². The van der Waals surface area contributed by atoms with Gasteiger partial charge in [0.1, 0.15) is 0 Å². The fourth-order valence-electron chi connectivity index (χ4n) is 2.41. The van der Waals surface area contributed by atoms with E-state index in [-0.39, 0.29) is 11.8 Å². The molecule has 1 saturated heterocycles. The Hall–Kier alpha value is -1.48. The molecule has 4 N–H and O–H groups in total. The lowest BCUT2D eigenvalue weighted by atomic mass is 9.98. The molecule has 0 radical (unpaired) electrons. The molecule has 0 aliphatic carbocycles. The fourth-order valence-corrected chi connectivity index (χ4v) is 2.41. The SMILES string of the molecule is Cc1cccc(CNC(=O)C2CCCNC2)c1C.O=S(=O)(O)O. The molecule has 7 nitrogen and oxygen atoms in total. The standard InChI is InChI=1S/C15H22N2O.H2O4S/c1-11-5-3-6-13(12(11)2)10-17-15(18)14-7-4-8-16-9-14;1-5(2,3)4/h3,5-6,14,16H,4,7-10H2,1-2H3,(H,17,18);(H2,1,2,3,4). The van der Waals surface area contributed by atoms with Gasteiger partial charge in [-0.15, -0.1) is 0 Å². The lowest BCUT2D eigenvalue weighted by Gasteiger charge is -2.22. The summed E-state index contributed by atoms with van der Waals surface area (Å²) >= 11 is 0. The second-order valence-corrected chi connectivity index (χ2v) is 6.46. The number of carbonyl (C=O) groups excluding carboxylic acids is 1. The summed E-state index contributed by atoms with van der Waals surface area (Å²) in [7, 11) is -4.67. The molecular formula is C15H24N2O5S. The van der Waals surface area contributed by atoms with E-state index in [1.54, 1.807) is 0 Å². The summed E-state index contributed by atoms with van der Waals surface area (Å²) in [6.07, 6.45) is 2.10. The van der Waals surface area contributed by atoms with Crippen LogP contribution in [0.3, 0.4) is 0 Å². The first-order valence-electron chi connectivity index (χ1n) is 7.42. The van der Waals surface area contributed by atoms with Gasteiger partial charge >= 0.3 is 10.4 Å². The van der Waals surface area contributed by atoms with Crippen LogP contribution in [0.4, 0.5) is 0 Å². The number of benzene rings is 1. The van der Waals surface area contributed by atoms with Crippen LogP contribution in [0.1, 0.15) is 29.5 Å². The van der Waals surface area contributed by atoms with Gasteiger partial charge in [0.05, 0.1) is 5.92 Å². The van der Waals surface area contributed by atoms with E-state index in [9.17, 15) is 4.79 Å². The minimum Gasteiger partial charge on any atom is -0.352 e. The van der Waals surface area contributed by atoms with E-state index in [1.807, 2.05) is 6.07 Å². The molecule has 1 aromatic carbocycles. The Balaban J connectivity index is 0.000000463. The number of amides is 1. The van der Waals surface area contributed by atoms with Gasteiger partial charge in [-0.05, 0) is 49.9 Å². The van der Waals surface area contributed by atoms with Crippen molar-refractivity contribution in [1.82, 2.24) is 10.6 Å². The Kier molecular flexibility index (Phi) is 7.63. The van der Waals surface area contributed by atoms with E-state index in [4.69, 9.17) is 17.5 Å². The summed E-state index contributed by atoms with van der Waals surface area (Å²) in [5, 5.41) is 6.33. The smallest absolute Gasteiger partial charge is 0.352 e. The molecule has 0 spiro atoms. The predicted molar refractivity (Wildman–Crippen MR) is 87.5 cm³/mol. The summed E-state index contributed by atoms with van der Waals surface area (Å²) < 4.78 is 31.6. The molecule has 0 saturated carbocycles. The van der Waals surface area contributed by atoms with Crippen LogP contribution in [-0.2, 0) is 21.7 Å². The Morgan fingerprint density at radius 1 is 1.35 bits per heavy atom. The summed E-state index contributed by atoms with van der Waals surface area (Å²) in [5.74, 6) is 0.326. The van der Waals surface area contributed by atoms with Gasteiger partial charge in [-0.3, -0.25) is 13.9 Å². The zero-order chi connectivity index (χ0) is 17.5. The highest BCUT2D eigenvalue weighted by Gasteiger charge is 2.20. The molecule has 0 aromatic heterocycles. The van der Waals surface area contributed by atoms with Crippen molar-refractivity contribution in [2.45, 2.75) is 33.2 Å². The number of nitrogens with one attached hydrogen (secondary N) is 2. The minimum absolute atomic E-state index is 0.142. The molecule has 0 bridgehead atoms. The molecule has 1 aromatic rings. The van der Waals surface area contributed by atoms with Crippen molar-refractivity contribution in [2.75, 3.05) is 13.1 Å². The van der Waals surface area contributed by atoms with Gasteiger partial charge in [0.25, 0.3) is 0 Å². The molecule has 23 heavy (non-hydrogen) atoms. The summed E-state index contributed by atoms with van der Waals surface area (Å²) in [5.41, 5.74) is 3.77. The molecule has 8 heteroatoms. The van der Waals surface area contributed by atoms with E-state index in [0.717, 1.165) is 25.9 Å². The van der Waals surface area contributed by atoms with Crippen molar-refractivity contribution >= 4 is 16.3 Å². The van der Waals surface area contributed by atoms with Crippen LogP contribution in [0.15, 0.2) is 18.2 Å². The first-order chi connectivity index (χ1) is 10.7. The van der Waals surface area contributed by atoms with Gasteiger partial charge in [0.15, 0.2) is 0 Å². The van der Waals surface area contributed by atoms with Gasteiger partial charge < -0.3 is 10.6 Å². The normalized spacial score (nSPS) is 17.8. The summed E-state index contributed by atoms with van der Waals surface area (Å²) in [4.78, 5) is 12.0. The Labute approximate surface area is 137 Å². The zero-order valence-electron chi connectivity index (χ0n) is 13.4. The molecule has 1 unspecified atom stereocenters. The quantitative estimate of drug-likeness (QED) is 0.614. The largest absolute Gasteiger partial charge is 0.394 e. The van der Waals surface area contributed by atoms with Gasteiger partial charge in [-0.25, -0.2) is 0 Å². The highest BCUT2D eigenvalue weighted by molar-refractivity contribution is 7.79. The van der Waals surface area contributed by atoms with Crippen LogP contribution >= 0.6 is 0 Å². The molecular weight excluding hydrogens is 320 g/mol. The van der Waals surface area contributed by atoms with Gasteiger partial charge in [-0.2, -0.15) is 8.42 Å². The first kappa shape index (κ1) is 19.6. The van der Waals surface area contributed by atoms with Crippen molar-refractivity contribution in [3.63, 3.8) is 0 Å². The van der Waals surface area contributed by atoms with Gasteiger partial charge in [0, 0.05) is 13.1 Å². The maximum absolute atomic E-state index is 12.0. The van der Waals surface area contributed by atoms with Gasteiger partial charge in [-0.1, -0.05) is 18.2 Å². The molecule has 1 heterocycles. The highest BCUT2D eigenvalue weighted by Crippen LogP contribution is 2.14. The maximum atomic E-state index is 12.0. The van der Waals surface area contributed by atoms with Crippen molar-refractivity contribution in [2.24, 2.45) is 5.92 Å². The second kappa shape index (κ2) is 8.97. The van der Waals surface area contributed by atoms with E-state index < -0.39 is 10.4 Å². The Bertz CT molecular complexity index is 617. The average molecular weight is 344 g/mol. The Morgan fingerprint density at radius 3 is 2.57 bits per heavy atom. The number of hydrogen-bond donors (Lipinski definition) is 4. The van der Waals surface area contributed by atoms with E-state index in [2.05, 4.69) is 36.6 Å². The summed E-state index contributed by atoms with van der Waals surface area (Å²) in [6.45, 7) is 6.72. The molecule has 2 rings (SSSR count). The predicted octanol–water partition coefficient (Wildman–Crippen LogP) is 1.27. The molecule has 130 valence electrons.